The van der Waals surface area contributed by atoms with Crippen molar-refractivity contribution in [2.45, 2.75) is 26.4 Å². The van der Waals surface area contributed by atoms with Crippen molar-refractivity contribution in [2.24, 2.45) is 0 Å². The molecule has 0 aliphatic heterocycles. The summed E-state index contributed by atoms with van der Waals surface area (Å²) >= 11 is 0. The first-order chi connectivity index (χ1) is 13.2. The molecule has 0 bridgehead atoms. The first-order valence-corrected chi connectivity index (χ1v) is 8.96. The maximum Gasteiger partial charge on any atom is 0.414 e. The molecule has 0 aliphatic rings. The van der Waals surface area contributed by atoms with E-state index in [1.54, 1.807) is 26.4 Å². The number of nitrogens with one attached hydrogen (secondary N) is 1. The van der Waals surface area contributed by atoms with Gasteiger partial charge < -0.3 is 10.1 Å². The van der Waals surface area contributed by atoms with Gasteiger partial charge in [-0.3, -0.25) is 14.1 Å². The fourth-order valence-corrected chi connectivity index (χ4v) is 2.78. The molecule has 0 radical (unpaired) electrons. The van der Waals surface area contributed by atoms with E-state index in [2.05, 4.69) is 10.3 Å². The third-order valence-electron chi connectivity index (χ3n) is 4.19. The van der Waals surface area contributed by atoms with Crippen LogP contribution < -0.4 is 10.2 Å². The lowest BCUT2D eigenvalue weighted by Crippen LogP contribution is -2.34. The van der Waals surface area contributed by atoms with Crippen LogP contribution >= 0.6 is 0 Å². The largest absolute Gasteiger partial charge is 0.443 e. The zero-order valence-corrected chi connectivity index (χ0v) is 16.7. The van der Waals surface area contributed by atoms with Crippen molar-refractivity contribution in [2.75, 3.05) is 19.0 Å². The number of fused-ring (bicyclic) bond motifs is 1. The van der Waals surface area contributed by atoms with E-state index < -0.39 is 11.7 Å². The number of hydrogen-bond acceptors (Lipinski definition) is 4. The van der Waals surface area contributed by atoms with E-state index in [0.29, 0.717) is 11.3 Å². The van der Waals surface area contributed by atoms with Gasteiger partial charge in [0.2, 0.25) is 0 Å². The summed E-state index contributed by atoms with van der Waals surface area (Å²) in [5.41, 5.74) is 3.07. The number of ether oxygens (including phenoxy) is 1. The van der Waals surface area contributed by atoms with Crippen LogP contribution in [0.2, 0.25) is 0 Å². The van der Waals surface area contributed by atoms with Crippen LogP contribution in [0.1, 0.15) is 31.1 Å². The summed E-state index contributed by atoms with van der Waals surface area (Å²) in [6.45, 7) is 5.49. The topological polar surface area (TPSA) is 75.9 Å². The number of pyridine rings is 1. The molecule has 7 nitrogen and oxygen atoms in total. The molecular weight excluding hydrogens is 356 g/mol. The average molecular weight is 380 g/mol. The van der Waals surface area contributed by atoms with E-state index in [0.717, 1.165) is 16.9 Å². The number of rotatable bonds is 3. The van der Waals surface area contributed by atoms with Crippen molar-refractivity contribution in [1.29, 1.82) is 0 Å². The molecule has 0 fully saturated rings. The quantitative estimate of drug-likeness (QED) is 0.751. The van der Waals surface area contributed by atoms with Crippen LogP contribution in [0.5, 0.6) is 0 Å². The van der Waals surface area contributed by atoms with Gasteiger partial charge in [-0.2, -0.15) is 0 Å². The van der Waals surface area contributed by atoms with Crippen molar-refractivity contribution in [3.63, 3.8) is 0 Å². The standard InChI is InChI=1S/C21H24N4O3/c1-21(2,3)28-20(27)24(5)16-9-10-18-23-12-17(25(18)13-16)14-7-6-8-15(11-14)19(26)22-4/h6-13H,1-5H3,(H,22,26). The minimum absolute atomic E-state index is 0.152. The van der Waals surface area contributed by atoms with Crippen LogP contribution in [0.25, 0.3) is 16.9 Å². The summed E-state index contributed by atoms with van der Waals surface area (Å²) in [6.07, 6.45) is 3.14. The Balaban J connectivity index is 2.00. The number of carbonyl (C=O) groups excluding carboxylic acids is 2. The van der Waals surface area contributed by atoms with Gasteiger partial charge in [-0.05, 0) is 45.0 Å². The molecule has 146 valence electrons. The maximum absolute atomic E-state index is 12.4. The summed E-state index contributed by atoms with van der Waals surface area (Å²) in [5, 5.41) is 2.63. The van der Waals surface area contributed by atoms with Gasteiger partial charge >= 0.3 is 6.09 Å². The Kier molecular flexibility index (Phi) is 5.09. The second-order valence-corrected chi connectivity index (χ2v) is 7.46. The highest BCUT2D eigenvalue weighted by Gasteiger charge is 2.21. The molecule has 1 aromatic carbocycles. The molecule has 2 aromatic heterocycles. The van der Waals surface area contributed by atoms with Crippen LogP contribution in [0.15, 0.2) is 48.8 Å². The molecule has 3 aromatic rings. The molecule has 1 N–H and O–H groups in total. The van der Waals surface area contributed by atoms with Gasteiger partial charge in [0.25, 0.3) is 5.91 Å². The average Bonchev–Trinajstić information content (AvgIpc) is 3.08. The smallest absolute Gasteiger partial charge is 0.414 e. The SMILES string of the molecule is CNC(=O)c1cccc(-c2cnc3ccc(N(C)C(=O)OC(C)(C)C)cn23)c1. The Labute approximate surface area is 163 Å². The molecule has 28 heavy (non-hydrogen) atoms. The number of aromatic nitrogens is 2. The van der Waals surface area contributed by atoms with E-state index in [1.807, 2.05) is 61.7 Å². The van der Waals surface area contributed by atoms with E-state index in [-0.39, 0.29) is 5.91 Å². The van der Waals surface area contributed by atoms with Gasteiger partial charge in [0.1, 0.15) is 11.2 Å². The highest BCUT2D eigenvalue weighted by Crippen LogP contribution is 2.25. The van der Waals surface area contributed by atoms with Gasteiger partial charge in [0.05, 0.1) is 17.6 Å². The number of carbonyl (C=O) groups is 2. The van der Waals surface area contributed by atoms with E-state index in [4.69, 9.17) is 4.74 Å². The molecule has 7 heteroatoms. The van der Waals surface area contributed by atoms with Crippen LogP contribution in [-0.2, 0) is 4.74 Å². The molecule has 0 atom stereocenters. The lowest BCUT2D eigenvalue weighted by atomic mass is 10.1. The van der Waals surface area contributed by atoms with Crippen LogP contribution in [0.3, 0.4) is 0 Å². The number of imidazole rings is 1. The number of hydrogen-bond donors (Lipinski definition) is 1. The highest BCUT2D eigenvalue weighted by molar-refractivity contribution is 5.95. The van der Waals surface area contributed by atoms with Gasteiger partial charge in [0.15, 0.2) is 0 Å². The second kappa shape index (κ2) is 7.34. The normalized spacial score (nSPS) is 11.3. The van der Waals surface area contributed by atoms with E-state index in [9.17, 15) is 9.59 Å². The minimum Gasteiger partial charge on any atom is -0.443 e. The predicted octanol–water partition coefficient (Wildman–Crippen LogP) is 3.73. The molecule has 2 amide bonds. The third-order valence-corrected chi connectivity index (χ3v) is 4.19. The van der Waals surface area contributed by atoms with E-state index >= 15 is 0 Å². The molecular formula is C21H24N4O3. The maximum atomic E-state index is 12.4. The molecule has 2 heterocycles. The highest BCUT2D eigenvalue weighted by atomic mass is 16.6. The van der Waals surface area contributed by atoms with Crippen molar-refractivity contribution < 1.29 is 14.3 Å². The summed E-state index contributed by atoms with van der Waals surface area (Å²) in [4.78, 5) is 30.2. The van der Waals surface area contributed by atoms with Gasteiger partial charge in [-0.15, -0.1) is 0 Å². The van der Waals surface area contributed by atoms with Gasteiger partial charge in [-0.25, -0.2) is 9.78 Å². The Morgan fingerprint density at radius 1 is 1.18 bits per heavy atom. The van der Waals surface area contributed by atoms with Crippen LogP contribution in [0, 0.1) is 0 Å². The number of anilines is 1. The summed E-state index contributed by atoms with van der Waals surface area (Å²) in [6, 6.07) is 11.0. The molecule has 3 rings (SSSR count). The number of amides is 2. The number of benzene rings is 1. The Morgan fingerprint density at radius 3 is 2.61 bits per heavy atom. The monoisotopic (exact) mass is 380 g/mol. The fraction of sp³-hybridized carbons (Fsp3) is 0.286. The van der Waals surface area contributed by atoms with Crippen molar-refractivity contribution in [3.05, 3.63) is 54.4 Å². The summed E-state index contributed by atoms with van der Waals surface area (Å²) in [7, 11) is 3.26. The van der Waals surface area contributed by atoms with E-state index in [1.165, 1.54) is 4.90 Å². The van der Waals surface area contributed by atoms with Crippen molar-refractivity contribution in [1.82, 2.24) is 14.7 Å². The van der Waals surface area contributed by atoms with Gasteiger partial charge in [0, 0.05) is 31.4 Å². The lowest BCUT2D eigenvalue weighted by Gasteiger charge is -2.24. The van der Waals surface area contributed by atoms with Crippen molar-refractivity contribution >= 4 is 23.3 Å². The van der Waals surface area contributed by atoms with Gasteiger partial charge in [-0.1, -0.05) is 12.1 Å². The Bertz CT molecular complexity index is 1030. The molecule has 0 aliphatic carbocycles. The molecule has 0 saturated carbocycles. The zero-order chi connectivity index (χ0) is 20.5. The Hall–Kier alpha value is -3.35. The van der Waals surface area contributed by atoms with Crippen LogP contribution in [0.4, 0.5) is 10.5 Å². The first kappa shape index (κ1) is 19.4. The molecule has 0 spiro atoms. The summed E-state index contributed by atoms with van der Waals surface area (Å²) in [5.74, 6) is -0.152. The van der Waals surface area contributed by atoms with Crippen LogP contribution in [-0.4, -0.2) is 41.1 Å². The fourth-order valence-electron chi connectivity index (χ4n) is 2.78. The molecule has 0 unspecified atom stereocenters. The minimum atomic E-state index is -0.574. The third kappa shape index (κ3) is 3.98. The number of nitrogens with zero attached hydrogens (tertiary/aromatic N) is 3. The zero-order valence-electron chi connectivity index (χ0n) is 16.7. The Morgan fingerprint density at radius 2 is 1.93 bits per heavy atom. The second-order valence-electron chi connectivity index (χ2n) is 7.46. The lowest BCUT2D eigenvalue weighted by molar-refractivity contribution is 0.0589. The first-order valence-electron chi connectivity index (χ1n) is 8.96. The predicted molar refractivity (Wildman–Crippen MR) is 109 cm³/mol. The summed E-state index contributed by atoms with van der Waals surface area (Å²) < 4.78 is 7.32. The van der Waals surface area contributed by atoms with Crippen molar-refractivity contribution in [3.8, 4) is 11.3 Å². The molecule has 0 saturated heterocycles.